The molecule has 30 heavy (non-hydrogen) atoms. The van der Waals surface area contributed by atoms with Gasteiger partial charge in [-0.05, 0) is 43.3 Å². The molecule has 0 aliphatic carbocycles. The number of anilines is 2. The molecule has 1 aromatic carbocycles. The maximum Gasteiger partial charge on any atom is 0.271 e. The molecule has 0 aliphatic rings. The van der Waals surface area contributed by atoms with E-state index in [2.05, 4.69) is 15.2 Å². The van der Waals surface area contributed by atoms with Crippen LogP contribution in [-0.4, -0.2) is 19.5 Å². The third-order valence-electron chi connectivity index (χ3n) is 3.92. The second-order valence-electron chi connectivity index (χ2n) is 6.13. The normalized spacial score (nSPS) is 11.7. The Kier molecular flexibility index (Phi) is 6.32. The van der Waals surface area contributed by atoms with Crippen LogP contribution in [0.3, 0.4) is 0 Å². The molecular weight excluding hydrogens is 436 g/mol. The molecule has 0 atom stereocenters. The van der Waals surface area contributed by atoms with Crippen LogP contribution in [0.25, 0.3) is 12.2 Å². The van der Waals surface area contributed by atoms with Gasteiger partial charge in [0.05, 0.1) is 5.69 Å². The molecule has 2 heterocycles. The zero-order chi connectivity index (χ0) is 21.9. The van der Waals surface area contributed by atoms with E-state index in [-0.39, 0.29) is 15.8 Å². The lowest BCUT2D eigenvalue weighted by Crippen LogP contribution is -2.12. The first-order valence-corrected chi connectivity index (χ1v) is 11.0. The van der Waals surface area contributed by atoms with Gasteiger partial charge in [0.25, 0.3) is 10.0 Å². The summed E-state index contributed by atoms with van der Waals surface area (Å²) in [6.45, 7) is 3.40. The van der Waals surface area contributed by atoms with Gasteiger partial charge in [0.15, 0.2) is 5.76 Å². The number of carbonyl (C=O) groups is 1. The van der Waals surface area contributed by atoms with Gasteiger partial charge >= 0.3 is 0 Å². The Morgan fingerprint density at radius 2 is 2.00 bits per heavy atom. The highest BCUT2D eigenvalue weighted by Gasteiger charge is 2.19. The zero-order valence-corrected chi connectivity index (χ0v) is 17.5. The number of aromatic nitrogens is 1. The molecule has 0 aliphatic heterocycles. The Bertz CT molecular complexity index is 1220. The van der Waals surface area contributed by atoms with Gasteiger partial charge < -0.3 is 9.84 Å². The topological polar surface area (TPSA) is 101 Å². The van der Waals surface area contributed by atoms with Gasteiger partial charge in [-0.3, -0.25) is 9.52 Å². The number of carbonyl (C=O) groups excluding carboxylic acids is 1. The summed E-state index contributed by atoms with van der Waals surface area (Å²) in [5, 5.41) is 6.52. The molecule has 11 heteroatoms. The molecule has 158 valence electrons. The molecule has 3 aromatic rings. The minimum atomic E-state index is -4.05. The first kappa shape index (κ1) is 21.7. The maximum atomic E-state index is 13.7. The van der Waals surface area contributed by atoms with Crippen molar-refractivity contribution >= 4 is 50.8 Å². The monoisotopic (exact) mass is 453 g/mol. The molecule has 0 bridgehead atoms. The van der Waals surface area contributed by atoms with E-state index < -0.39 is 21.7 Å². The van der Waals surface area contributed by atoms with Crippen molar-refractivity contribution in [3.05, 3.63) is 58.3 Å². The average molecular weight is 453 g/mol. The standard InChI is InChI=1S/C19H17F2N3O4S2/c1-3-17(25)22-19-11(2)23-28-16(19)8-5-13-6-9-18(29-13)30(26,27)24-15-7-4-12(20)10-14(15)21/h4-10,24H,3H2,1-2H3,(H,22,25)/b8-5+. The second-order valence-corrected chi connectivity index (χ2v) is 9.15. The third-order valence-corrected chi connectivity index (χ3v) is 6.82. The van der Waals surface area contributed by atoms with Crippen molar-refractivity contribution in [3.63, 3.8) is 0 Å². The molecule has 2 N–H and O–H groups in total. The highest BCUT2D eigenvalue weighted by atomic mass is 32.2. The summed E-state index contributed by atoms with van der Waals surface area (Å²) in [4.78, 5) is 12.2. The Morgan fingerprint density at radius 1 is 1.23 bits per heavy atom. The summed E-state index contributed by atoms with van der Waals surface area (Å²) >= 11 is 0.935. The number of hydrogen-bond acceptors (Lipinski definition) is 6. The van der Waals surface area contributed by atoms with Gasteiger partial charge in [-0.25, -0.2) is 17.2 Å². The fourth-order valence-corrected chi connectivity index (χ4v) is 4.67. The number of amides is 1. The van der Waals surface area contributed by atoms with Crippen LogP contribution < -0.4 is 10.0 Å². The number of halogens is 2. The Morgan fingerprint density at radius 3 is 2.70 bits per heavy atom. The van der Waals surface area contributed by atoms with Crippen LogP contribution >= 0.6 is 11.3 Å². The number of nitrogens with zero attached hydrogens (tertiary/aromatic N) is 1. The van der Waals surface area contributed by atoms with E-state index in [9.17, 15) is 22.0 Å². The first-order chi connectivity index (χ1) is 14.2. The fourth-order valence-electron chi connectivity index (χ4n) is 2.37. The number of rotatable bonds is 7. The molecule has 0 fully saturated rings. The van der Waals surface area contributed by atoms with Gasteiger partial charge in [-0.15, -0.1) is 11.3 Å². The zero-order valence-electron chi connectivity index (χ0n) is 15.9. The molecule has 0 radical (unpaired) electrons. The van der Waals surface area contributed by atoms with Crippen molar-refractivity contribution in [3.8, 4) is 0 Å². The van der Waals surface area contributed by atoms with E-state index in [1.54, 1.807) is 32.1 Å². The largest absolute Gasteiger partial charge is 0.354 e. The Labute approximate surface area is 175 Å². The smallest absolute Gasteiger partial charge is 0.271 e. The maximum absolute atomic E-state index is 13.7. The van der Waals surface area contributed by atoms with Crippen molar-refractivity contribution in [2.24, 2.45) is 0 Å². The van der Waals surface area contributed by atoms with Gasteiger partial charge in [-0.1, -0.05) is 12.1 Å². The lowest BCUT2D eigenvalue weighted by Gasteiger charge is -2.07. The summed E-state index contributed by atoms with van der Waals surface area (Å²) in [7, 11) is -4.05. The Balaban J connectivity index is 1.79. The van der Waals surface area contributed by atoms with E-state index in [1.807, 2.05) is 0 Å². The van der Waals surface area contributed by atoms with Gasteiger partial charge in [-0.2, -0.15) is 0 Å². The number of aryl methyl sites for hydroxylation is 1. The van der Waals surface area contributed by atoms with Crippen molar-refractivity contribution in [2.45, 2.75) is 24.5 Å². The van der Waals surface area contributed by atoms with Gasteiger partial charge in [0.1, 0.15) is 27.2 Å². The first-order valence-electron chi connectivity index (χ1n) is 8.71. The van der Waals surface area contributed by atoms with Crippen LogP contribution in [0.5, 0.6) is 0 Å². The van der Waals surface area contributed by atoms with Crippen LogP contribution in [-0.2, 0) is 14.8 Å². The van der Waals surface area contributed by atoms with Crippen LogP contribution in [0.4, 0.5) is 20.2 Å². The summed E-state index contributed by atoms with van der Waals surface area (Å²) < 4.78 is 58.9. The summed E-state index contributed by atoms with van der Waals surface area (Å²) in [5.41, 5.74) is 0.600. The number of benzene rings is 1. The van der Waals surface area contributed by atoms with Gasteiger partial charge in [0, 0.05) is 17.4 Å². The Hall–Kier alpha value is -3.05. The molecule has 2 aromatic heterocycles. The molecule has 0 saturated carbocycles. The summed E-state index contributed by atoms with van der Waals surface area (Å²) in [5.74, 6) is -1.70. The van der Waals surface area contributed by atoms with E-state index in [0.29, 0.717) is 34.5 Å². The fraction of sp³-hybridized carbons (Fsp3) is 0.158. The predicted molar refractivity (Wildman–Crippen MR) is 111 cm³/mol. The molecule has 7 nitrogen and oxygen atoms in total. The van der Waals surface area contributed by atoms with Gasteiger partial charge in [0.2, 0.25) is 5.91 Å². The van der Waals surface area contributed by atoms with Crippen molar-refractivity contribution in [2.75, 3.05) is 10.0 Å². The number of nitrogens with one attached hydrogen (secondary N) is 2. The number of thiophene rings is 1. The van der Waals surface area contributed by atoms with Crippen molar-refractivity contribution < 1.29 is 26.5 Å². The molecule has 0 unspecified atom stereocenters. The van der Waals surface area contributed by atoms with E-state index in [4.69, 9.17) is 4.52 Å². The quantitative estimate of drug-likeness (QED) is 0.543. The lowest BCUT2D eigenvalue weighted by molar-refractivity contribution is -0.115. The second kappa shape index (κ2) is 8.76. The number of hydrogen-bond donors (Lipinski definition) is 2. The number of sulfonamides is 1. The lowest BCUT2D eigenvalue weighted by atomic mass is 10.2. The highest BCUT2D eigenvalue weighted by Crippen LogP contribution is 2.28. The van der Waals surface area contributed by atoms with Crippen molar-refractivity contribution in [1.29, 1.82) is 0 Å². The average Bonchev–Trinajstić information content (AvgIpc) is 3.30. The van der Waals surface area contributed by atoms with Crippen LogP contribution in [0.2, 0.25) is 0 Å². The third kappa shape index (κ3) is 4.92. The van der Waals surface area contributed by atoms with Crippen LogP contribution in [0.15, 0.2) is 39.1 Å². The molecular formula is C19H17F2N3O4S2. The van der Waals surface area contributed by atoms with Crippen molar-refractivity contribution in [1.82, 2.24) is 5.16 Å². The van der Waals surface area contributed by atoms with Crippen LogP contribution in [0, 0.1) is 18.6 Å². The highest BCUT2D eigenvalue weighted by molar-refractivity contribution is 7.94. The summed E-state index contributed by atoms with van der Waals surface area (Å²) in [6.07, 6.45) is 3.45. The van der Waals surface area contributed by atoms with E-state index in [1.165, 1.54) is 6.07 Å². The molecule has 0 saturated heterocycles. The minimum Gasteiger partial charge on any atom is -0.354 e. The molecule has 1 amide bonds. The minimum absolute atomic E-state index is 0.0564. The SMILES string of the molecule is CCC(=O)Nc1c(C)noc1/C=C/c1ccc(S(=O)(=O)Nc2ccc(F)cc2F)s1. The van der Waals surface area contributed by atoms with E-state index in [0.717, 1.165) is 23.5 Å². The summed E-state index contributed by atoms with van der Waals surface area (Å²) in [6, 6.07) is 5.48. The van der Waals surface area contributed by atoms with Crippen LogP contribution in [0.1, 0.15) is 29.7 Å². The molecule has 0 spiro atoms. The van der Waals surface area contributed by atoms with E-state index >= 15 is 0 Å². The molecule has 3 rings (SSSR count). The predicted octanol–water partition coefficient (Wildman–Crippen LogP) is 4.64.